The third-order valence-electron chi connectivity index (χ3n) is 4.08. The molecule has 0 spiro atoms. The topological polar surface area (TPSA) is 63.4 Å². The van der Waals surface area contributed by atoms with Crippen LogP contribution in [0.1, 0.15) is 24.0 Å². The van der Waals surface area contributed by atoms with E-state index in [0.717, 1.165) is 44.0 Å². The third kappa shape index (κ3) is 5.42. The van der Waals surface area contributed by atoms with E-state index in [4.69, 9.17) is 5.26 Å². The van der Waals surface area contributed by atoms with Gasteiger partial charge in [0.1, 0.15) is 0 Å². The van der Waals surface area contributed by atoms with Crippen LogP contribution in [0, 0.1) is 11.3 Å². The van der Waals surface area contributed by atoms with E-state index in [1.54, 1.807) is 7.05 Å². The molecule has 5 heteroatoms. The van der Waals surface area contributed by atoms with Crippen LogP contribution in [0.25, 0.3) is 0 Å². The molecule has 1 aliphatic heterocycles. The fourth-order valence-corrected chi connectivity index (χ4v) is 2.71. The van der Waals surface area contributed by atoms with Gasteiger partial charge < -0.3 is 10.6 Å². The Morgan fingerprint density at radius 1 is 1.39 bits per heavy atom. The van der Waals surface area contributed by atoms with E-state index in [0.29, 0.717) is 18.2 Å². The summed E-state index contributed by atoms with van der Waals surface area (Å²) in [4.78, 5) is 6.71. The molecular formula is C18H25N5. The van der Waals surface area contributed by atoms with Crippen molar-refractivity contribution < 1.29 is 0 Å². The van der Waals surface area contributed by atoms with Crippen molar-refractivity contribution in [3.63, 3.8) is 0 Å². The molecule has 0 aliphatic carbocycles. The summed E-state index contributed by atoms with van der Waals surface area (Å²) in [5.74, 6) is 0.830. The van der Waals surface area contributed by atoms with Crippen molar-refractivity contribution in [1.29, 1.82) is 5.26 Å². The van der Waals surface area contributed by atoms with Gasteiger partial charge in [-0.15, -0.1) is 6.58 Å². The van der Waals surface area contributed by atoms with Gasteiger partial charge >= 0.3 is 0 Å². The molecule has 1 fully saturated rings. The van der Waals surface area contributed by atoms with Gasteiger partial charge in [0.05, 0.1) is 11.6 Å². The minimum absolute atomic E-state index is 0.461. The van der Waals surface area contributed by atoms with Crippen molar-refractivity contribution in [2.24, 2.45) is 4.99 Å². The first kappa shape index (κ1) is 17.0. The van der Waals surface area contributed by atoms with Crippen molar-refractivity contribution in [3.05, 3.63) is 48.0 Å². The summed E-state index contributed by atoms with van der Waals surface area (Å²) in [5, 5.41) is 15.6. The monoisotopic (exact) mass is 311 g/mol. The van der Waals surface area contributed by atoms with Crippen LogP contribution in [0.15, 0.2) is 41.9 Å². The predicted molar refractivity (Wildman–Crippen MR) is 94.2 cm³/mol. The molecule has 0 aromatic heterocycles. The molecule has 0 atom stereocenters. The lowest BCUT2D eigenvalue weighted by molar-refractivity contribution is 0.225. The molecule has 1 heterocycles. The Morgan fingerprint density at radius 2 is 2.09 bits per heavy atom. The van der Waals surface area contributed by atoms with Crippen LogP contribution >= 0.6 is 0 Å². The molecule has 0 amide bonds. The van der Waals surface area contributed by atoms with E-state index in [1.165, 1.54) is 0 Å². The molecule has 1 saturated heterocycles. The van der Waals surface area contributed by atoms with E-state index in [-0.39, 0.29) is 0 Å². The molecular weight excluding hydrogens is 286 g/mol. The molecule has 0 saturated carbocycles. The second-order valence-corrected chi connectivity index (χ2v) is 5.74. The van der Waals surface area contributed by atoms with Crippen LogP contribution in [0.5, 0.6) is 0 Å². The van der Waals surface area contributed by atoms with E-state index >= 15 is 0 Å². The zero-order valence-electron chi connectivity index (χ0n) is 13.8. The number of hydrogen-bond acceptors (Lipinski definition) is 3. The fraction of sp³-hybridized carbons (Fsp3) is 0.444. The van der Waals surface area contributed by atoms with Gasteiger partial charge in [-0.1, -0.05) is 18.2 Å². The smallest absolute Gasteiger partial charge is 0.191 e. The summed E-state index contributed by atoms with van der Waals surface area (Å²) in [6.07, 6.45) is 4.20. The van der Waals surface area contributed by atoms with Gasteiger partial charge in [-0.3, -0.25) is 9.89 Å². The minimum Gasteiger partial charge on any atom is -0.354 e. The highest BCUT2D eigenvalue weighted by Gasteiger charge is 2.18. The van der Waals surface area contributed by atoms with Crippen molar-refractivity contribution >= 4 is 5.96 Å². The van der Waals surface area contributed by atoms with Crippen molar-refractivity contribution in [2.75, 3.05) is 26.7 Å². The Balaban J connectivity index is 1.77. The SMILES string of the molecule is C=CCN1CCC(NC(=NC)NCc2ccc(C#N)cc2)CC1. The highest BCUT2D eigenvalue weighted by Crippen LogP contribution is 2.10. The lowest BCUT2D eigenvalue weighted by Gasteiger charge is -2.32. The van der Waals surface area contributed by atoms with Crippen molar-refractivity contribution in [1.82, 2.24) is 15.5 Å². The van der Waals surface area contributed by atoms with Gasteiger partial charge in [-0.2, -0.15) is 5.26 Å². The first-order valence-electron chi connectivity index (χ1n) is 8.04. The standard InChI is InChI=1S/C18H25N5/c1-3-10-23-11-8-17(9-12-23)22-18(20-2)21-14-16-6-4-15(13-19)5-7-16/h3-7,17H,1,8-12,14H2,2H3,(H2,20,21,22). The molecule has 0 bridgehead atoms. The van der Waals surface area contributed by atoms with Gasteiger partial charge in [0.2, 0.25) is 0 Å². The predicted octanol–water partition coefficient (Wildman–Crippen LogP) is 1.87. The summed E-state index contributed by atoms with van der Waals surface area (Å²) in [6, 6.07) is 10.2. The number of piperidine rings is 1. The van der Waals surface area contributed by atoms with Gasteiger partial charge in [0.25, 0.3) is 0 Å². The van der Waals surface area contributed by atoms with Gasteiger partial charge in [0.15, 0.2) is 5.96 Å². The molecule has 1 aliphatic rings. The number of guanidine groups is 1. The fourth-order valence-electron chi connectivity index (χ4n) is 2.71. The lowest BCUT2D eigenvalue weighted by atomic mass is 10.1. The summed E-state index contributed by atoms with van der Waals surface area (Å²) in [7, 11) is 1.79. The van der Waals surface area contributed by atoms with Gasteiger partial charge in [0, 0.05) is 39.3 Å². The first-order chi connectivity index (χ1) is 11.2. The summed E-state index contributed by atoms with van der Waals surface area (Å²) in [5.41, 5.74) is 1.82. The minimum atomic E-state index is 0.461. The quantitative estimate of drug-likeness (QED) is 0.495. The molecule has 23 heavy (non-hydrogen) atoms. The maximum Gasteiger partial charge on any atom is 0.191 e. The van der Waals surface area contributed by atoms with Crippen LogP contribution in [-0.2, 0) is 6.54 Å². The summed E-state index contributed by atoms with van der Waals surface area (Å²) < 4.78 is 0. The lowest BCUT2D eigenvalue weighted by Crippen LogP contribution is -2.48. The number of nitrogens with zero attached hydrogens (tertiary/aromatic N) is 3. The number of rotatable bonds is 5. The highest BCUT2D eigenvalue weighted by atomic mass is 15.2. The Morgan fingerprint density at radius 3 is 2.65 bits per heavy atom. The second kappa shape index (κ2) is 8.96. The zero-order valence-corrected chi connectivity index (χ0v) is 13.8. The molecule has 2 N–H and O–H groups in total. The molecule has 0 unspecified atom stereocenters. The van der Waals surface area contributed by atoms with Crippen LogP contribution < -0.4 is 10.6 Å². The largest absolute Gasteiger partial charge is 0.354 e. The highest BCUT2D eigenvalue weighted by molar-refractivity contribution is 5.79. The summed E-state index contributed by atoms with van der Waals surface area (Å²) >= 11 is 0. The summed E-state index contributed by atoms with van der Waals surface area (Å²) in [6.45, 7) is 7.65. The van der Waals surface area contributed by atoms with Crippen LogP contribution in [0.3, 0.4) is 0 Å². The number of nitriles is 1. The molecule has 1 aromatic carbocycles. The average Bonchev–Trinajstić information content (AvgIpc) is 2.60. The number of aliphatic imine (C=N–C) groups is 1. The third-order valence-corrected chi connectivity index (χ3v) is 4.08. The average molecular weight is 311 g/mol. The maximum absolute atomic E-state index is 8.82. The molecule has 2 rings (SSSR count). The molecule has 5 nitrogen and oxygen atoms in total. The van der Waals surface area contributed by atoms with Gasteiger partial charge in [-0.25, -0.2) is 0 Å². The number of benzene rings is 1. The first-order valence-corrected chi connectivity index (χ1v) is 8.04. The van der Waals surface area contributed by atoms with E-state index in [9.17, 15) is 0 Å². The Kier molecular flexibility index (Phi) is 6.64. The number of likely N-dealkylation sites (tertiary alicyclic amines) is 1. The normalized spacial score (nSPS) is 16.6. The number of hydrogen-bond donors (Lipinski definition) is 2. The van der Waals surface area contributed by atoms with Crippen molar-refractivity contribution in [2.45, 2.75) is 25.4 Å². The Labute approximate surface area is 138 Å². The van der Waals surface area contributed by atoms with E-state index in [2.05, 4.69) is 33.2 Å². The maximum atomic E-state index is 8.82. The van der Waals surface area contributed by atoms with Crippen LogP contribution in [-0.4, -0.2) is 43.6 Å². The molecule has 122 valence electrons. The van der Waals surface area contributed by atoms with Gasteiger partial charge in [-0.05, 0) is 30.5 Å². The zero-order chi connectivity index (χ0) is 16.5. The molecule has 0 radical (unpaired) electrons. The van der Waals surface area contributed by atoms with E-state index in [1.807, 2.05) is 30.3 Å². The van der Waals surface area contributed by atoms with Crippen molar-refractivity contribution in [3.8, 4) is 6.07 Å². The second-order valence-electron chi connectivity index (χ2n) is 5.74. The Hall–Kier alpha value is -2.32. The van der Waals surface area contributed by atoms with Crippen LogP contribution in [0.2, 0.25) is 0 Å². The number of nitrogens with one attached hydrogen (secondary N) is 2. The van der Waals surface area contributed by atoms with Crippen LogP contribution in [0.4, 0.5) is 0 Å². The van der Waals surface area contributed by atoms with E-state index < -0.39 is 0 Å². The molecule has 1 aromatic rings. The Bertz CT molecular complexity index is 562.